The number of methoxy groups -OCH3 is 1. The summed E-state index contributed by atoms with van der Waals surface area (Å²) in [4.78, 5) is 0.189. The van der Waals surface area contributed by atoms with Gasteiger partial charge in [-0.25, -0.2) is 13.1 Å². The number of benzene rings is 1. The zero-order valence-electron chi connectivity index (χ0n) is 14.1. The summed E-state index contributed by atoms with van der Waals surface area (Å²) in [6, 6.07) is 4.71. The van der Waals surface area contributed by atoms with Crippen LogP contribution in [0.3, 0.4) is 0 Å². The molecule has 1 aromatic heterocycles. The van der Waals surface area contributed by atoms with E-state index in [1.54, 1.807) is 23.0 Å². The molecule has 0 aliphatic rings. The molecule has 0 aliphatic heterocycles. The summed E-state index contributed by atoms with van der Waals surface area (Å²) in [5.41, 5.74) is 1.67. The van der Waals surface area contributed by atoms with Crippen molar-refractivity contribution in [2.45, 2.75) is 31.7 Å². The van der Waals surface area contributed by atoms with Gasteiger partial charge >= 0.3 is 0 Å². The summed E-state index contributed by atoms with van der Waals surface area (Å²) in [7, 11) is -0.233. The van der Waals surface area contributed by atoms with Crippen molar-refractivity contribution in [1.29, 1.82) is 0 Å². The molecule has 1 heterocycles. The molecule has 0 bridgehead atoms. The fourth-order valence-electron chi connectivity index (χ4n) is 2.09. The topological polar surface area (TPSA) is 73.2 Å². The highest BCUT2D eigenvalue weighted by atomic mass is 32.2. The second-order valence-electron chi connectivity index (χ2n) is 5.92. The summed E-state index contributed by atoms with van der Waals surface area (Å²) in [6.45, 7) is 5.79. The molecule has 0 aliphatic carbocycles. The molecular weight excluding hydrogens is 314 g/mol. The van der Waals surface area contributed by atoms with Crippen LogP contribution >= 0.6 is 0 Å². The van der Waals surface area contributed by atoms with Gasteiger partial charge in [-0.15, -0.1) is 0 Å². The minimum atomic E-state index is -3.58. The number of aryl methyl sites for hydroxylation is 1. The van der Waals surface area contributed by atoms with Crippen molar-refractivity contribution in [2.24, 2.45) is 13.0 Å². The van der Waals surface area contributed by atoms with Crippen LogP contribution in [0.1, 0.15) is 20.8 Å². The quantitative estimate of drug-likeness (QED) is 0.878. The second-order valence-corrected chi connectivity index (χ2v) is 7.63. The summed E-state index contributed by atoms with van der Waals surface area (Å²) in [6.07, 6.45) is 3.57. The monoisotopic (exact) mass is 337 g/mol. The predicted octanol–water partition coefficient (Wildman–Crippen LogP) is 2.42. The first kappa shape index (κ1) is 17.5. The predicted molar refractivity (Wildman–Crippen MR) is 89.8 cm³/mol. The molecule has 0 spiro atoms. The minimum absolute atomic E-state index is 0.149. The molecule has 1 atom stereocenters. The van der Waals surface area contributed by atoms with E-state index in [1.165, 1.54) is 13.2 Å². The summed E-state index contributed by atoms with van der Waals surface area (Å²) in [5, 5.41) is 4.13. The van der Waals surface area contributed by atoms with E-state index in [2.05, 4.69) is 9.82 Å². The van der Waals surface area contributed by atoms with Gasteiger partial charge in [0.25, 0.3) is 0 Å². The maximum atomic E-state index is 12.5. The molecule has 1 unspecified atom stereocenters. The van der Waals surface area contributed by atoms with Gasteiger partial charge in [0.05, 0.1) is 18.2 Å². The van der Waals surface area contributed by atoms with Gasteiger partial charge in [0, 0.05) is 36.5 Å². The maximum Gasteiger partial charge on any atom is 0.240 e. The molecule has 126 valence electrons. The Labute approximate surface area is 137 Å². The van der Waals surface area contributed by atoms with Crippen LogP contribution in [0, 0.1) is 5.92 Å². The summed E-state index contributed by atoms with van der Waals surface area (Å²) < 4.78 is 34.7. The average Bonchev–Trinajstić information content (AvgIpc) is 2.92. The SMILES string of the molecule is COc1cc(S(=O)(=O)NC(C)C(C)C)ccc1-c1cnn(C)c1. The van der Waals surface area contributed by atoms with Crippen molar-refractivity contribution in [2.75, 3.05) is 7.11 Å². The molecule has 2 rings (SSSR count). The Kier molecular flexibility index (Phi) is 5.11. The van der Waals surface area contributed by atoms with Crippen molar-refractivity contribution in [3.8, 4) is 16.9 Å². The lowest BCUT2D eigenvalue weighted by Gasteiger charge is -2.18. The Morgan fingerprint density at radius 2 is 1.96 bits per heavy atom. The Hall–Kier alpha value is -1.86. The number of sulfonamides is 1. The Morgan fingerprint density at radius 1 is 1.26 bits per heavy atom. The van der Waals surface area contributed by atoms with Crippen molar-refractivity contribution >= 4 is 10.0 Å². The second kappa shape index (κ2) is 6.72. The van der Waals surface area contributed by atoms with Crippen molar-refractivity contribution in [3.63, 3.8) is 0 Å². The molecule has 0 amide bonds. The molecule has 1 N–H and O–H groups in total. The van der Waals surface area contributed by atoms with Gasteiger partial charge in [-0.05, 0) is 25.0 Å². The minimum Gasteiger partial charge on any atom is -0.496 e. The van der Waals surface area contributed by atoms with Crippen LogP contribution in [0.25, 0.3) is 11.1 Å². The number of nitrogens with one attached hydrogen (secondary N) is 1. The van der Waals surface area contributed by atoms with Crippen molar-refractivity contribution in [1.82, 2.24) is 14.5 Å². The summed E-state index contributed by atoms with van der Waals surface area (Å²) >= 11 is 0. The van der Waals surface area contributed by atoms with E-state index in [4.69, 9.17) is 4.74 Å². The molecule has 7 heteroatoms. The number of hydrogen-bond acceptors (Lipinski definition) is 4. The highest BCUT2D eigenvalue weighted by molar-refractivity contribution is 7.89. The van der Waals surface area contributed by atoms with Crippen LogP contribution in [0.4, 0.5) is 0 Å². The normalized spacial score (nSPS) is 13.3. The van der Waals surface area contributed by atoms with E-state index in [0.717, 1.165) is 11.1 Å². The van der Waals surface area contributed by atoms with E-state index in [-0.39, 0.29) is 16.9 Å². The van der Waals surface area contributed by atoms with Crippen LogP contribution in [0.15, 0.2) is 35.5 Å². The summed E-state index contributed by atoms with van der Waals surface area (Å²) in [5.74, 6) is 0.708. The number of rotatable bonds is 6. The van der Waals surface area contributed by atoms with Gasteiger partial charge < -0.3 is 4.74 Å². The zero-order chi connectivity index (χ0) is 17.2. The molecule has 0 radical (unpaired) electrons. The molecule has 23 heavy (non-hydrogen) atoms. The van der Waals surface area contributed by atoms with Gasteiger partial charge in [0.15, 0.2) is 0 Å². The maximum absolute atomic E-state index is 12.5. The molecule has 0 fully saturated rings. The number of aromatic nitrogens is 2. The first-order valence-electron chi connectivity index (χ1n) is 7.44. The van der Waals surface area contributed by atoms with E-state index in [9.17, 15) is 8.42 Å². The molecule has 6 nitrogen and oxygen atoms in total. The van der Waals surface area contributed by atoms with Crippen LogP contribution in [0.5, 0.6) is 5.75 Å². The lowest BCUT2D eigenvalue weighted by Crippen LogP contribution is -2.36. The zero-order valence-corrected chi connectivity index (χ0v) is 14.9. The first-order valence-corrected chi connectivity index (χ1v) is 8.92. The number of nitrogens with zero attached hydrogens (tertiary/aromatic N) is 2. The number of hydrogen-bond donors (Lipinski definition) is 1. The largest absolute Gasteiger partial charge is 0.496 e. The molecule has 2 aromatic rings. The van der Waals surface area contributed by atoms with Gasteiger partial charge in [0.2, 0.25) is 10.0 Å². The fourth-order valence-corrected chi connectivity index (χ4v) is 3.49. The van der Waals surface area contributed by atoms with Gasteiger partial charge in [-0.3, -0.25) is 4.68 Å². The van der Waals surface area contributed by atoms with Crippen LogP contribution < -0.4 is 9.46 Å². The fraction of sp³-hybridized carbons (Fsp3) is 0.438. The Morgan fingerprint density at radius 3 is 2.48 bits per heavy atom. The van der Waals surface area contributed by atoms with E-state index in [0.29, 0.717) is 5.75 Å². The van der Waals surface area contributed by atoms with Crippen LogP contribution in [-0.2, 0) is 17.1 Å². The number of ether oxygens (including phenoxy) is 1. The lowest BCUT2D eigenvalue weighted by atomic mass is 10.1. The molecule has 0 saturated heterocycles. The van der Waals surface area contributed by atoms with Crippen LogP contribution in [0.2, 0.25) is 0 Å². The van der Waals surface area contributed by atoms with Gasteiger partial charge in [-0.1, -0.05) is 13.8 Å². The Balaban J connectivity index is 2.39. The third-order valence-corrected chi connectivity index (χ3v) is 5.40. The first-order chi connectivity index (χ1) is 10.7. The average molecular weight is 337 g/mol. The van der Waals surface area contributed by atoms with E-state index >= 15 is 0 Å². The van der Waals surface area contributed by atoms with E-state index < -0.39 is 10.0 Å². The molecule has 1 aromatic carbocycles. The third kappa shape index (κ3) is 3.92. The van der Waals surface area contributed by atoms with E-state index in [1.807, 2.05) is 34.0 Å². The smallest absolute Gasteiger partial charge is 0.240 e. The molecule has 0 saturated carbocycles. The highest BCUT2D eigenvalue weighted by Gasteiger charge is 2.21. The van der Waals surface area contributed by atoms with Gasteiger partial charge in [-0.2, -0.15) is 5.10 Å². The lowest BCUT2D eigenvalue weighted by molar-refractivity contribution is 0.415. The van der Waals surface area contributed by atoms with Crippen LogP contribution in [-0.4, -0.2) is 31.3 Å². The highest BCUT2D eigenvalue weighted by Crippen LogP contribution is 2.31. The van der Waals surface area contributed by atoms with Gasteiger partial charge in [0.1, 0.15) is 5.75 Å². The molecular formula is C16H23N3O3S. The Bertz CT molecular complexity index is 782. The van der Waals surface area contributed by atoms with Crippen molar-refractivity contribution < 1.29 is 13.2 Å². The van der Waals surface area contributed by atoms with Crippen molar-refractivity contribution in [3.05, 3.63) is 30.6 Å². The standard InChI is InChI=1S/C16H23N3O3S/c1-11(2)12(3)18-23(20,21)14-6-7-15(16(8-14)22-5)13-9-17-19(4)10-13/h6-12,18H,1-5H3. The third-order valence-electron chi connectivity index (χ3n) is 3.84.